The van der Waals surface area contributed by atoms with Gasteiger partial charge in [-0.25, -0.2) is 0 Å². The van der Waals surface area contributed by atoms with Gasteiger partial charge in [-0.05, 0) is 25.8 Å². The molecule has 0 aromatic carbocycles. The van der Waals surface area contributed by atoms with Crippen LogP contribution in [0.15, 0.2) is 0 Å². The van der Waals surface area contributed by atoms with E-state index >= 15 is 0 Å². The van der Waals surface area contributed by atoms with Gasteiger partial charge in [-0.3, -0.25) is 4.79 Å². The summed E-state index contributed by atoms with van der Waals surface area (Å²) in [5.41, 5.74) is 0. The lowest BCUT2D eigenvalue weighted by Gasteiger charge is -2.26. The van der Waals surface area contributed by atoms with E-state index < -0.39 is 0 Å². The molecule has 0 unspecified atom stereocenters. The van der Waals surface area contributed by atoms with Crippen molar-refractivity contribution >= 4 is 5.91 Å². The summed E-state index contributed by atoms with van der Waals surface area (Å²) in [6, 6.07) is 0.914. The van der Waals surface area contributed by atoms with Crippen LogP contribution < -0.4 is 5.32 Å². The van der Waals surface area contributed by atoms with Gasteiger partial charge in [-0.15, -0.1) is 0 Å². The molecule has 96 valence electrons. The van der Waals surface area contributed by atoms with Gasteiger partial charge >= 0.3 is 0 Å². The summed E-state index contributed by atoms with van der Waals surface area (Å²) >= 11 is 0. The van der Waals surface area contributed by atoms with E-state index in [0.29, 0.717) is 18.5 Å². The highest BCUT2D eigenvalue weighted by molar-refractivity contribution is 5.76. The topological polar surface area (TPSA) is 32.3 Å². The molecular formula is C13H28N2O. The monoisotopic (exact) mass is 228 g/mol. The van der Waals surface area contributed by atoms with Crippen LogP contribution in [0.25, 0.3) is 0 Å². The first-order valence-corrected chi connectivity index (χ1v) is 6.51. The Labute approximate surface area is 101 Å². The molecule has 1 N–H and O–H groups in total. The molecule has 0 aromatic heterocycles. The van der Waals surface area contributed by atoms with Gasteiger partial charge in [-0.1, -0.05) is 27.7 Å². The summed E-state index contributed by atoms with van der Waals surface area (Å²) in [4.78, 5) is 13.8. The standard InChI is InChI=1S/C13H28N2O/c1-6-12(7-2)15(5)13(16)9-8-10-14-11(3)4/h11-12,14H,6-10H2,1-5H3. The molecule has 3 heteroatoms. The number of rotatable bonds is 8. The zero-order chi connectivity index (χ0) is 12.6. The predicted octanol–water partition coefficient (Wildman–Crippen LogP) is 2.41. The molecule has 0 saturated heterocycles. The molecule has 0 saturated carbocycles. The van der Waals surface area contributed by atoms with Gasteiger partial charge in [0.1, 0.15) is 0 Å². The summed E-state index contributed by atoms with van der Waals surface area (Å²) in [5.74, 6) is 0.277. The van der Waals surface area contributed by atoms with Crippen molar-refractivity contribution in [1.29, 1.82) is 0 Å². The fourth-order valence-corrected chi connectivity index (χ4v) is 1.85. The van der Waals surface area contributed by atoms with E-state index in [1.54, 1.807) is 0 Å². The summed E-state index contributed by atoms with van der Waals surface area (Å²) in [6.07, 6.45) is 3.68. The molecule has 0 heterocycles. The van der Waals surface area contributed by atoms with Gasteiger partial charge < -0.3 is 10.2 Å². The largest absolute Gasteiger partial charge is 0.343 e. The minimum atomic E-state index is 0.277. The summed E-state index contributed by atoms with van der Waals surface area (Å²) in [6.45, 7) is 9.45. The molecule has 0 aliphatic carbocycles. The van der Waals surface area contributed by atoms with Gasteiger partial charge in [0.2, 0.25) is 5.91 Å². The Morgan fingerprint density at radius 2 is 1.81 bits per heavy atom. The normalized spacial score (nSPS) is 11.2. The van der Waals surface area contributed by atoms with Crippen LogP contribution in [0.1, 0.15) is 53.4 Å². The van der Waals surface area contributed by atoms with Gasteiger partial charge in [0.05, 0.1) is 0 Å². The second-order valence-electron chi connectivity index (χ2n) is 4.69. The van der Waals surface area contributed by atoms with Crippen LogP contribution in [0, 0.1) is 0 Å². The van der Waals surface area contributed by atoms with E-state index in [9.17, 15) is 4.79 Å². The van der Waals surface area contributed by atoms with Crippen molar-refractivity contribution in [2.45, 2.75) is 65.5 Å². The third kappa shape index (κ3) is 6.11. The number of amides is 1. The lowest BCUT2D eigenvalue weighted by Crippen LogP contribution is -2.36. The van der Waals surface area contributed by atoms with Gasteiger partial charge in [0.25, 0.3) is 0 Å². The molecule has 3 nitrogen and oxygen atoms in total. The van der Waals surface area contributed by atoms with Crippen LogP contribution in [-0.4, -0.2) is 36.5 Å². The molecule has 0 radical (unpaired) electrons. The Bertz CT molecular complexity index is 188. The lowest BCUT2D eigenvalue weighted by atomic mass is 10.1. The van der Waals surface area contributed by atoms with Crippen LogP contribution in [0.5, 0.6) is 0 Å². The number of carbonyl (C=O) groups is 1. The van der Waals surface area contributed by atoms with E-state index in [1.165, 1.54) is 0 Å². The Morgan fingerprint density at radius 3 is 2.25 bits per heavy atom. The Balaban J connectivity index is 3.78. The molecule has 0 aliphatic rings. The number of carbonyl (C=O) groups excluding carboxylic acids is 1. The fourth-order valence-electron chi connectivity index (χ4n) is 1.85. The first-order valence-electron chi connectivity index (χ1n) is 6.51. The van der Waals surface area contributed by atoms with E-state index in [2.05, 4.69) is 33.0 Å². The fraction of sp³-hybridized carbons (Fsp3) is 0.923. The van der Waals surface area contributed by atoms with Crippen molar-refractivity contribution < 1.29 is 4.79 Å². The van der Waals surface area contributed by atoms with E-state index in [1.807, 2.05) is 11.9 Å². The zero-order valence-corrected chi connectivity index (χ0v) is 11.5. The third-order valence-corrected chi connectivity index (χ3v) is 3.00. The molecule has 0 aromatic rings. The van der Waals surface area contributed by atoms with Crippen LogP contribution in [0.3, 0.4) is 0 Å². The second kappa shape index (κ2) is 8.57. The quantitative estimate of drug-likeness (QED) is 0.647. The van der Waals surface area contributed by atoms with Crippen LogP contribution in [-0.2, 0) is 4.79 Å². The van der Waals surface area contributed by atoms with Crippen molar-refractivity contribution in [3.63, 3.8) is 0 Å². The zero-order valence-electron chi connectivity index (χ0n) is 11.5. The summed E-state index contributed by atoms with van der Waals surface area (Å²) in [7, 11) is 1.93. The number of nitrogens with one attached hydrogen (secondary N) is 1. The van der Waals surface area contributed by atoms with Crippen molar-refractivity contribution in [2.75, 3.05) is 13.6 Å². The Kier molecular flexibility index (Phi) is 8.26. The molecule has 0 atom stereocenters. The molecular weight excluding hydrogens is 200 g/mol. The van der Waals surface area contributed by atoms with Gasteiger partial charge in [0.15, 0.2) is 0 Å². The van der Waals surface area contributed by atoms with Gasteiger partial charge in [0, 0.05) is 25.6 Å². The van der Waals surface area contributed by atoms with Crippen molar-refractivity contribution in [3.8, 4) is 0 Å². The second-order valence-corrected chi connectivity index (χ2v) is 4.69. The number of hydrogen-bond acceptors (Lipinski definition) is 2. The third-order valence-electron chi connectivity index (χ3n) is 3.00. The Morgan fingerprint density at radius 1 is 1.25 bits per heavy atom. The first-order chi connectivity index (χ1) is 7.52. The lowest BCUT2D eigenvalue weighted by molar-refractivity contribution is -0.132. The molecule has 1 amide bonds. The maximum Gasteiger partial charge on any atom is 0.222 e. The van der Waals surface area contributed by atoms with Crippen molar-refractivity contribution in [2.24, 2.45) is 0 Å². The highest BCUT2D eigenvalue weighted by atomic mass is 16.2. The minimum absolute atomic E-state index is 0.277. The highest BCUT2D eigenvalue weighted by Gasteiger charge is 2.15. The van der Waals surface area contributed by atoms with E-state index in [4.69, 9.17) is 0 Å². The maximum absolute atomic E-state index is 11.8. The average Bonchev–Trinajstić information content (AvgIpc) is 2.25. The average molecular weight is 228 g/mol. The maximum atomic E-state index is 11.8. The Hall–Kier alpha value is -0.570. The van der Waals surface area contributed by atoms with Crippen LogP contribution in [0.2, 0.25) is 0 Å². The molecule has 0 rings (SSSR count). The molecule has 0 spiro atoms. The first kappa shape index (κ1) is 15.4. The van der Waals surface area contributed by atoms with Crippen LogP contribution in [0.4, 0.5) is 0 Å². The smallest absolute Gasteiger partial charge is 0.222 e. The molecule has 0 bridgehead atoms. The van der Waals surface area contributed by atoms with Gasteiger partial charge in [-0.2, -0.15) is 0 Å². The highest BCUT2D eigenvalue weighted by Crippen LogP contribution is 2.08. The summed E-state index contributed by atoms with van der Waals surface area (Å²) in [5, 5.41) is 3.33. The van der Waals surface area contributed by atoms with Crippen molar-refractivity contribution in [1.82, 2.24) is 10.2 Å². The summed E-state index contributed by atoms with van der Waals surface area (Å²) < 4.78 is 0. The minimum Gasteiger partial charge on any atom is -0.343 e. The molecule has 16 heavy (non-hydrogen) atoms. The van der Waals surface area contributed by atoms with Crippen molar-refractivity contribution in [3.05, 3.63) is 0 Å². The number of nitrogens with zero attached hydrogens (tertiary/aromatic N) is 1. The number of hydrogen-bond donors (Lipinski definition) is 1. The molecule has 0 fully saturated rings. The van der Waals surface area contributed by atoms with Crippen LogP contribution >= 0.6 is 0 Å². The molecule has 0 aliphatic heterocycles. The predicted molar refractivity (Wildman–Crippen MR) is 69.5 cm³/mol. The van der Waals surface area contributed by atoms with E-state index in [0.717, 1.165) is 25.8 Å². The SMILES string of the molecule is CCC(CC)N(C)C(=O)CCCNC(C)C. The van der Waals surface area contributed by atoms with E-state index in [-0.39, 0.29) is 5.91 Å².